The molecule has 0 radical (unpaired) electrons. The number of esters is 1. The molecule has 106 valence electrons. The first-order valence-corrected chi connectivity index (χ1v) is 6.79. The van der Waals surface area contributed by atoms with Crippen LogP contribution < -0.4 is 5.32 Å². The van der Waals surface area contributed by atoms with E-state index in [9.17, 15) is 9.59 Å². The van der Waals surface area contributed by atoms with Gasteiger partial charge in [0.2, 0.25) is 0 Å². The van der Waals surface area contributed by atoms with E-state index in [1.807, 2.05) is 0 Å². The van der Waals surface area contributed by atoms with Gasteiger partial charge in [-0.3, -0.25) is 4.79 Å². The fourth-order valence-corrected chi connectivity index (χ4v) is 2.65. The maximum atomic E-state index is 11.9. The Hall–Kier alpha value is -2.22. The average Bonchev–Trinajstić information content (AvgIpc) is 2.79. The van der Waals surface area contributed by atoms with Gasteiger partial charge in [0.25, 0.3) is 0 Å². The summed E-state index contributed by atoms with van der Waals surface area (Å²) in [6.07, 6.45) is 0. The zero-order valence-corrected chi connectivity index (χ0v) is 11.8. The number of fused-ring (bicyclic) bond motifs is 1. The Balaban J connectivity index is 2.50. The molecule has 8 heteroatoms. The van der Waals surface area contributed by atoms with Gasteiger partial charge in [0.15, 0.2) is 0 Å². The first-order chi connectivity index (χ1) is 9.52. The molecule has 20 heavy (non-hydrogen) atoms. The first kappa shape index (κ1) is 14.2. The van der Waals surface area contributed by atoms with Crippen molar-refractivity contribution in [3.05, 3.63) is 16.8 Å². The van der Waals surface area contributed by atoms with Crippen LogP contribution in [0, 0.1) is 6.92 Å². The summed E-state index contributed by atoms with van der Waals surface area (Å²) >= 11 is 1.29. The van der Waals surface area contributed by atoms with Crippen molar-refractivity contribution in [2.75, 3.05) is 18.5 Å². The van der Waals surface area contributed by atoms with Gasteiger partial charge in [-0.1, -0.05) is 0 Å². The zero-order chi connectivity index (χ0) is 14.7. The lowest BCUT2D eigenvalue weighted by atomic mass is 10.2. The van der Waals surface area contributed by atoms with Crippen LogP contribution in [-0.2, 0) is 9.53 Å². The quantitative estimate of drug-likeness (QED) is 0.809. The number of rotatable bonds is 5. The SMILES string of the molecule is CCOC(=O)c1csc2nc(C)nc(NCC(=O)O)c12. The average molecular weight is 295 g/mol. The second kappa shape index (κ2) is 5.83. The molecular weight excluding hydrogens is 282 g/mol. The number of carboxylic acid groups (broad SMARTS) is 1. The maximum Gasteiger partial charge on any atom is 0.339 e. The van der Waals surface area contributed by atoms with Gasteiger partial charge in [0, 0.05) is 5.38 Å². The fourth-order valence-electron chi connectivity index (χ4n) is 1.69. The Morgan fingerprint density at radius 2 is 2.20 bits per heavy atom. The topological polar surface area (TPSA) is 101 Å². The Kier molecular flexibility index (Phi) is 4.14. The Labute approximate surface area is 118 Å². The van der Waals surface area contributed by atoms with Gasteiger partial charge in [-0.2, -0.15) is 0 Å². The molecule has 2 rings (SSSR count). The smallest absolute Gasteiger partial charge is 0.339 e. The van der Waals surface area contributed by atoms with Crippen LogP contribution in [0.2, 0.25) is 0 Å². The number of nitrogens with zero attached hydrogens (tertiary/aromatic N) is 2. The number of anilines is 1. The predicted molar refractivity (Wildman–Crippen MR) is 74.2 cm³/mol. The summed E-state index contributed by atoms with van der Waals surface area (Å²) in [5.41, 5.74) is 0.347. The van der Waals surface area contributed by atoms with Crippen LogP contribution in [0.3, 0.4) is 0 Å². The van der Waals surface area contributed by atoms with E-state index in [1.54, 1.807) is 19.2 Å². The summed E-state index contributed by atoms with van der Waals surface area (Å²) in [5.74, 6) is -0.645. The molecule has 0 spiro atoms. The molecule has 0 saturated heterocycles. The molecule has 7 nitrogen and oxygen atoms in total. The van der Waals surface area contributed by atoms with Crippen molar-refractivity contribution >= 4 is 39.3 Å². The molecule has 0 bridgehead atoms. The summed E-state index contributed by atoms with van der Waals surface area (Å²) in [6, 6.07) is 0. The largest absolute Gasteiger partial charge is 0.480 e. The first-order valence-electron chi connectivity index (χ1n) is 5.91. The molecule has 0 aliphatic carbocycles. The number of aryl methyl sites for hydroxylation is 1. The summed E-state index contributed by atoms with van der Waals surface area (Å²) in [6.45, 7) is 3.40. The third-order valence-corrected chi connectivity index (χ3v) is 3.32. The highest BCUT2D eigenvalue weighted by Crippen LogP contribution is 2.30. The number of aromatic nitrogens is 2. The van der Waals surface area contributed by atoms with Crippen molar-refractivity contribution in [2.45, 2.75) is 13.8 Å². The molecule has 2 aromatic heterocycles. The van der Waals surface area contributed by atoms with Gasteiger partial charge in [-0.05, 0) is 13.8 Å². The van der Waals surface area contributed by atoms with Crippen molar-refractivity contribution in [3.8, 4) is 0 Å². The number of aliphatic carboxylic acids is 1. The highest BCUT2D eigenvalue weighted by Gasteiger charge is 2.19. The molecular formula is C12H13N3O4S. The molecule has 2 heterocycles. The number of carboxylic acids is 1. The second-order valence-electron chi connectivity index (χ2n) is 3.92. The van der Waals surface area contributed by atoms with Crippen LogP contribution in [0.1, 0.15) is 23.1 Å². The lowest BCUT2D eigenvalue weighted by Gasteiger charge is -2.07. The normalized spacial score (nSPS) is 10.5. The van der Waals surface area contributed by atoms with Gasteiger partial charge < -0.3 is 15.2 Å². The van der Waals surface area contributed by atoms with Gasteiger partial charge in [0.05, 0.1) is 17.6 Å². The molecule has 2 aromatic rings. The fraction of sp³-hybridized carbons (Fsp3) is 0.333. The third-order valence-electron chi connectivity index (χ3n) is 2.45. The summed E-state index contributed by atoms with van der Waals surface area (Å²) in [7, 11) is 0. The van der Waals surface area contributed by atoms with Crippen LogP contribution >= 0.6 is 11.3 Å². The number of thiophene rings is 1. The molecule has 0 saturated carbocycles. The van der Waals surface area contributed by atoms with E-state index in [2.05, 4.69) is 15.3 Å². The van der Waals surface area contributed by atoms with Crippen molar-refractivity contribution < 1.29 is 19.4 Å². The van der Waals surface area contributed by atoms with E-state index in [0.717, 1.165) is 0 Å². The lowest BCUT2D eigenvalue weighted by molar-refractivity contribution is -0.134. The van der Waals surface area contributed by atoms with E-state index < -0.39 is 11.9 Å². The number of ether oxygens (including phenoxy) is 1. The number of hydrogen-bond acceptors (Lipinski definition) is 7. The molecule has 0 aliphatic rings. The Morgan fingerprint density at radius 1 is 1.45 bits per heavy atom. The van der Waals surface area contributed by atoms with E-state index in [1.165, 1.54) is 11.3 Å². The van der Waals surface area contributed by atoms with Crippen LogP contribution in [-0.4, -0.2) is 40.2 Å². The van der Waals surface area contributed by atoms with Crippen LogP contribution in [0.25, 0.3) is 10.2 Å². The standard InChI is InChI=1S/C12H13N3O4S/c1-3-19-12(18)7-5-20-11-9(7)10(13-4-8(16)17)14-6(2)15-11/h5H,3-4H2,1-2H3,(H,16,17)(H,13,14,15). The van der Waals surface area contributed by atoms with Crippen molar-refractivity contribution in [1.29, 1.82) is 0 Å². The molecule has 0 amide bonds. The van der Waals surface area contributed by atoms with E-state index in [-0.39, 0.29) is 13.2 Å². The highest BCUT2D eigenvalue weighted by molar-refractivity contribution is 7.17. The van der Waals surface area contributed by atoms with E-state index in [0.29, 0.717) is 27.4 Å². The molecule has 0 atom stereocenters. The summed E-state index contributed by atoms with van der Waals surface area (Å²) in [4.78, 5) is 31.6. The van der Waals surface area contributed by atoms with Gasteiger partial charge >= 0.3 is 11.9 Å². The van der Waals surface area contributed by atoms with E-state index in [4.69, 9.17) is 9.84 Å². The van der Waals surface area contributed by atoms with Crippen molar-refractivity contribution in [1.82, 2.24) is 9.97 Å². The number of nitrogens with one attached hydrogen (secondary N) is 1. The summed E-state index contributed by atoms with van der Waals surface area (Å²) < 4.78 is 4.97. The summed E-state index contributed by atoms with van der Waals surface area (Å²) in [5, 5.41) is 13.6. The predicted octanol–water partition coefficient (Wildman–Crippen LogP) is 1.67. The van der Waals surface area contributed by atoms with Gasteiger partial charge in [0.1, 0.15) is 23.0 Å². The Bertz CT molecular complexity index is 668. The maximum absolute atomic E-state index is 11.9. The Morgan fingerprint density at radius 3 is 2.85 bits per heavy atom. The minimum atomic E-state index is -1.01. The molecule has 0 fully saturated rings. The second-order valence-corrected chi connectivity index (χ2v) is 4.77. The molecule has 0 aromatic carbocycles. The van der Waals surface area contributed by atoms with Crippen LogP contribution in [0.4, 0.5) is 5.82 Å². The third kappa shape index (κ3) is 2.85. The molecule has 0 unspecified atom stereocenters. The molecule has 2 N–H and O–H groups in total. The monoisotopic (exact) mass is 295 g/mol. The molecule has 0 aliphatic heterocycles. The minimum Gasteiger partial charge on any atom is -0.480 e. The van der Waals surface area contributed by atoms with E-state index >= 15 is 0 Å². The van der Waals surface area contributed by atoms with Crippen LogP contribution in [0.5, 0.6) is 0 Å². The van der Waals surface area contributed by atoms with Crippen molar-refractivity contribution in [2.24, 2.45) is 0 Å². The van der Waals surface area contributed by atoms with Gasteiger partial charge in [-0.25, -0.2) is 14.8 Å². The lowest BCUT2D eigenvalue weighted by Crippen LogP contribution is -2.14. The number of carbonyl (C=O) groups is 2. The van der Waals surface area contributed by atoms with Crippen LogP contribution in [0.15, 0.2) is 5.38 Å². The number of carbonyl (C=O) groups excluding carboxylic acids is 1. The van der Waals surface area contributed by atoms with Crippen molar-refractivity contribution in [3.63, 3.8) is 0 Å². The van der Waals surface area contributed by atoms with Gasteiger partial charge in [-0.15, -0.1) is 11.3 Å². The highest BCUT2D eigenvalue weighted by atomic mass is 32.1. The number of hydrogen-bond donors (Lipinski definition) is 2. The zero-order valence-electron chi connectivity index (χ0n) is 11.0. The minimum absolute atomic E-state index is 0.265.